The Labute approximate surface area is 138 Å². The molecule has 1 heterocycles. The molecule has 6 nitrogen and oxygen atoms in total. The molecule has 24 heavy (non-hydrogen) atoms. The number of aliphatic hydroxyl groups excluding tert-OH is 1. The zero-order chi connectivity index (χ0) is 17.7. The molecule has 1 aromatic heterocycles. The summed E-state index contributed by atoms with van der Waals surface area (Å²) in [7, 11) is 0. The molecule has 2 rings (SSSR count). The molecule has 0 fully saturated rings. The molecule has 7 heteroatoms. The van der Waals surface area contributed by atoms with Crippen LogP contribution < -0.4 is 10.3 Å². The Hall–Kier alpha value is -2.67. The molecule has 2 aromatic rings. The number of aliphatic hydroxyl groups is 1. The third-order valence-corrected chi connectivity index (χ3v) is 3.31. The first-order valence-electron chi connectivity index (χ1n) is 7.48. The highest BCUT2D eigenvalue weighted by Gasteiger charge is 2.21. The van der Waals surface area contributed by atoms with Crippen molar-refractivity contribution < 1.29 is 23.8 Å². The molecule has 1 N–H and O–H groups in total. The van der Waals surface area contributed by atoms with E-state index in [-0.39, 0.29) is 30.1 Å². The lowest BCUT2D eigenvalue weighted by atomic mass is 10.2. The van der Waals surface area contributed by atoms with E-state index in [1.807, 2.05) is 0 Å². The summed E-state index contributed by atoms with van der Waals surface area (Å²) in [5, 5.41) is 9.16. The van der Waals surface area contributed by atoms with Crippen LogP contribution in [0, 0.1) is 5.82 Å². The highest BCUT2D eigenvalue weighted by Crippen LogP contribution is 2.19. The van der Waals surface area contributed by atoms with Crippen LogP contribution in [-0.4, -0.2) is 28.9 Å². The van der Waals surface area contributed by atoms with E-state index in [2.05, 4.69) is 0 Å². The summed E-state index contributed by atoms with van der Waals surface area (Å²) < 4.78 is 24.9. The predicted octanol–water partition coefficient (Wildman–Crippen LogP) is 2.04. The van der Waals surface area contributed by atoms with E-state index in [4.69, 9.17) is 14.6 Å². The van der Waals surface area contributed by atoms with E-state index in [0.717, 1.165) is 6.07 Å². The first kappa shape index (κ1) is 17.7. The van der Waals surface area contributed by atoms with Crippen LogP contribution in [0.3, 0.4) is 0 Å². The number of nitrogens with zero attached hydrogens (tertiary/aromatic N) is 1. The van der Waals surface area contributed by atoms with Crippen LogP contribution in [0.15, 0.2) is 35.3 Å². The number of benzene rings is 1. The third kappa shape index (κ3) is 3.46. The van der Waals surface area contributed by atoms with Gasteiger partial charge in [0.05, 0.1) is 19.8 Å². The molecular formula is C17H18FNO5. The summed E-state index contributed by atoms with van der Waals surface area (Å²) >= 11 is 0. The lowest BCUT2D eigenvalue weighted by Gasteiger charge is -2.13. The first-order valence-corrected chi connectivity index (χ1v) is 7.48. The summed E-state index contributed by atoms with van der Waals surface area (Å²) in [6, 6.07) is 5.34. The van der Waals surface area contributed by atoms with Gasteiger partial charge in [0.2, 0.25) is 0 Å². The van der Waals surface area contributed by atoms with E-state index in [0.29, 0.717) is 5.69 Å². The SMILES string of the molecule is CCOC(=O)c1c(OCC)ccn(-c2ccc(F)c(CO)c2)c1=O. The van der Waals surface area contributed by atoms with Gasteiger partial charge in [-0.25, -0.2) is 9.18 Å². The topological polar surface area (TPSA) is 77.8 Å². The number of carbonyl (C=O) groups excluding carboxylic acids is 1. The van der Waals surface area contributed by atoms with Crippen molar-refractivity contribution in [3.05, 3.63) is 57.8 Å². The minimum atomic E-state index is -0.787. The summed E-state index contributed by atoms with van der Waals surface area (Å²) in [5.41, 5.74) is -0.504. The smallest absolute Gasteiger partial charge is 0.347 e. The Morgan fingerprint density at radius 1 is 1.25 bits per heavy atom. The number of aromatic nitrogens is 1. The maximum Gasteiger partial charge on any atom is 0.347 e. The van der Waals surface area contributed by atoms with E-state index < -0.39 is 24.0 Å². The summed E-state index contributed by atoms with van der Waals surface area (Å²) in [6.45, 7) is 3.25. The second kappa shape index (κ2) is 7.74. The zero-order valence-corrected chi connectivity index (χ0v) is 13.4. The Balaban J connectivity index is 2.62. The molecule has 0 amide bonds. The molecule has 0 unspecified atom stereocenters. The third-order valence-electron chi connectivity index (χ3n) is 3.31. The largest absolute Gasteiger partial charge is 0.493 e. The zero-order valence-electron chi connectivity index (χ0n) is 13.4. The van der Waals surface area contributed by atoms with Crippen LogP contribution in [0.1, 0.15) is 29.8 Å². The van der Waals surface area contributed by atoms with E-state index in [9.17, 15) is 14.0 Å². The number of esters is 1. The van der Waals surface area contributed by atoms with Crippen molar-refractivity contribution in [3.63, 3.8) is 0 Å². The van der Waals surface area contributed by atoms with Gasteiger partial charge >= 0.3 is 5.97 Å². The van der Waals surface area contributed by atoms with Crippen LogP contribution in [-0.2, 0) is 11.3 Å². The molecule has 1 aromatic carbocycles. The minimum absolute atomic E-state index is 0.0472. The molecule has 0 saturated heterocycles. The van der Waals surface area contributed by atoms with Gasteiger partial charge in [0.1, 0.15) is 11.6 Å². The predicted molar refractivity (Wildman–Crippen MR) is 85.0 cm³/mol. The van der Waals surface area contributed by atoms with Gasteiger partial charge in [0, 0.05) is 17.4 Å². The lowest BCUT2D eigenvalue weighted by Crippen LogP contribution is -2.27. The van der Waals surface area contributed by atoms with Crippen molar-refractivity contribution in [3.8, 4) is 11.4 Å². The second-order valence-corrected chi connectivity index (χ2v) is 4.82. The van der Waals surface area contributed by atoms with Gasteiger partial charge in [-0.05, 0) is 38.1 Å². The fraction of sp³-hybridized carbons (Fsp3) is 0.294. The second-order valence-electron chi connectivity index (χ2n) is 4.82. The van der Waals surface area contributed by atoms with E-state index in [1.165, 1.54) is 29.0 Å². The number of rotatable bonds is 6. The van der Waals surface area contributed by atoms with Gasteiger partial charge in [0.25, 0.3) is 5.56 Å². The molecule has 128 valence electrons. The van der Waals surface area contributed by atoms with Crippen molar-refractivity contribution in [1.29, 1.82) is 0 Å². The van der Waals surface area contributed by atoms with Crippen LogP contribution in [0.5, 0.6) is 5.75 Å². The number of hydrogen-bond donors (Lipinski definition) is 1. The molecule has 0 aliphatic heterocycles. The fourth-order valence-corrected chi connectivity index (χ4v) is 2.22. The molecular weight excluding hydrogens is 317 g/mol. The summed E-state index contributed by atoms with van der Waals surface area (Å²) in [4.78, 5) is 24.8. The van der Waals surface area contributed by atoms with Crippen LogP contribution in [0.4, 0.5) is 4.39 Å². The van der Waals surface area contributed by atoms with Gasteiger partial charge in [-0.1, -0.05) is 0 Å². The Morgan fingerprint density at radius 3 is 2.62 bits per heavy atom. The van der Waals surface area contributed by atoms with E-state index >= 15 is 0 Å². The molecule has 0 radical (unpaired) electrons. The lowest BCUT2D eigenvalue weighted by molar-refractivity contribution is 0.0519. The van der Waals surface area contributed by atoms with E-state index in [1.54, 1.807) is 13.8 Å². The molecule has 0 atom stereocenters. The number of hydrogen-bond acceptors (Lipinski definition) is 5. The van der Waals surface area contributed by atoms with Crippen LogP contribution in [0.25, 0.3) is 5.69 Å². The maximum absolute atomic E-state index is 13.5. The summed E-state index contributed by atoms with van der Waals surface area (Å²) in [5.74, 6) is -1.24. The standard InChI is InChI=1S/C17H18FNO5/c1-3-23-14-7-8-19(16(21)15(14)17(22)24-4-2)12-5-6-13(18)11(9-12)10-20/h5-9,20H,3-4,10H2,1-2H3. The molecule has 0 aliphatic rings. The Bertz CT molecular complexity index is 800. The average molecular weight is 335 g/mol. The van der Waals surface area contributed by atoms with Gasteiger partial charge in [0.15, 0.2) is 5.56 Å². The normalized spacial score (nSPS) is 10.5. The highest BCUT2D eigenvalue weighted by molar-refractivity contribution is 5.92. The van der Waals surface area contributed by atoms with Crippen molar-refractivity contribution in [2.45, 2.75) is 20.5 Å². The number of pyridine rings is 1. The number of carbonyl (C=O) groups is 1. The molecule has 0 spiro atoms. The molecule has 0 saturated carbocycles. The van der Waals surface area contributed by atoms with Gasteiger partial charge in [-0.3, -0.25) is 9.36 Å². The number of ether oxygens (including phenoxy) is 2. The fourth-order valence-electron chi connectivity index (χ4n) is 2.22. The van der Waals surface area contributed by atoms with Crippen molar-refractivity contribution >= 4 is 5.97 Å². The van der Waals surface area contributed by atoms with Gasteiger partial charge < -0.3 is 14.6 Å². The van der Waals surface area contributed by atoms with Crippen LogP contribution >= 0.6 is 0 Å². The van der Waals surface area contributed by atoms with Crippen molar-refractivity contribution in [1.82, 2.24) is 4.57 Å². The minimum Gasteiger partial charge on any atom is -0.493 e. The summed E-state index contributed by atoms with van der Waals surface area (Å²) in [6.07, 6.45) is 1.42. The molecule has 0 aliphatic carbocycles. The Morgan fingerprint density at radius 2 is 2.00 bits per heavy atom. The quantitative estimate of drug-likeness (QED) is 0.818. The number of halogens is 1. The highest BCUT2D eigenvalue weighted by atomic mass is 19.1. The Kier molecular flexibility index (Phi) is 5.70. The van der Waals surface area contributed by atoms with Gasteiger partial charge in [-0.15, -0.1) is 0 Å². The average Bonchev–Trinajstić information content (AvgIpc) is 2.56. The first-order chi connectivity index (χ1) is 11.5. The molecule has 0 bridgehead atoms. The van der Waals surface area contributed by atoms with Crippen molar-refractivity contribution in [2.24, 2.45) is 0 Å². The van der Waals surface area contributed by atoms with Gasteiger partial charge in [-0.2, -0.15) is 0 Å². The van der Waals surface area contributed by atoms with Crippen LogP contribution in [0.2, 0.25) is 0 Å². The monoisotopic (exact) mass is 335 g/mol. The van der Waals surface area contributed by atoms with Crippen molar-refractivity contribution in [2.75, 3.05) is 13.2 Å². The maximum atomic E-state index is 13.5.